The summed E-state index contributed by atoms with van der Waals surface area (Å²) >= 11 is 0. The van der Waals surface area contributed by atoms with Crippen molar-refractivity contribution in [3.63, 3.8) is 0 Å². The van der Waals surface area contributed by atoms with E-state index in [1.165, 1.54) is 116 Å². The molecule has 4 aliphatic heterocycles. The topological polar surface area (TPSA) is 588 Å². The summed E-state index contributed by atoms with van der Waals surface area (Å²) in [6.45, 7) is 3.86. The standard InChI is InChI=1S/C12H12O2.C11H8N2O2.C8H15NO2.C8H9NO2.C8H14O2.C7H9NO2.C7H12O3.C7H8O3.C6H11NO2.C6H5NO2.C5H4N2O2.C5H4O3/c13-12(14)6-5-9-7-10-3-1-2-4-11(10)8-9;14-11(15)10-12-6-9(7-13-10)8-4-2-1-3-5-8;10-8(11)2-1-7-3-5-9-6-4-7;10-8(11)4-3-7-2-1-5-9-6-7;9-8(10)6-5-7-3-1-2-4-7;9-7(10)2-1-6-3-4-8-5-6;2*8-7(9)4-3-6-2-1-5-10-6;1-7-4-2-3-5(7)6(8)9;8-6(9)5-2-1-3-7-4-5;8-5(9)4-3-6-1-2-7-4;6-5(7)4-2-1-3-8-4/h1-4,7H,5-6,8H2,(H,13,14);1-7H,(H,14,15);7,9H,1-6H2,(H,10,11);1-2,5-6H,3-4H2,(H,10,11);7H,1-6H2,(H,9,10);4-5H,1-3H2,(H,9,10);6H,1-5H2,(H,8,9);1-2,5H,3-4H2,(H,8,9);5H,2-4H2,1H3,(H,8,9);1-4H,(H,8,9);1-3H,(H,8,9);1-3H,(H,6,7). The number of furan rings is 2. The highest BCUT2D eigenvalue weighted by Gasteiger charge is 2.27. The number of hydrogen-bond donors (Lipinski definition) is 13. The van der Waals surface area contributed by atoms with Crippen LogP contribution < -0.4 is 5.32 Å². The van der Waals surface area contributed by atoms with Crippen LogP contribution in [0.3, 0.4) is 0 Å². The molecule has 8 aromatic rings. The molecule has 2 aromatic carbocycles. The van der Waals surface area contributed by atoms with Crippen molar-refractivity contribution >= 4 is 83.9 Å². The number of fused-ring (bicyclic) bond motifs is 1. The number of pyridine rings is 2. The molecule has 126 heavy (non-hydrogen) atoms. The number of benzene rings is 2. The summed E-state index contributed by atoms with van der Waals surface area (Å²) in [5.41, 5.74) is 7.83. The number of carbonyl (C=O) groups is 12. The van der Waals surface area contributed by atoms with Gasteiger partial charge in [-0.1, -0.05) is 98.0 Å². The number of aliphatic imine (C=N–C) groups is 1. The van der Waals surface area contributed by atoms with E-state index in [0.29, 0.717) is 50.9 Å². The molecule has 2 aliphatic carbocycles. The molecular weight excluding hydrogens is 1640 g/mol. The van der Waals surface area contributed by atoms with Crippen molar-refractivity contribution in [1.82, 2.24) is 40.1 Å². The largest absolute Gasteiger partial charge is 0.481 e. The van der Waals surface area contributed by atoms with E-state index in [-0.39, 0.29) is 67.1 Å². The molecule has 14 rings (SSSR count). The summed E-state index contributed by atoms with van der Waals surface area (Å²) in [4.78, 5) is 150. The second-order valence-electron chi connectivity index (χ2n) is 28.5. The Morgan fingerprint density at radius 2 is 1.02 bits per heavy atom. The molecular formula is C90H111N9O27. The molecule has 13 N–H and O–H groups in total. The zero-order chi connectivity index (χ0) is 92.7. The number of likely N-dealkylation sites (N-methyl/N-ethyl adjacent to an activating group) is 1. The minimum Gasteiger partial charge on any atom is -0.481 e. The number of rotatable bonds is 27. The Kier molecular flexibility index (Phi) is 54.0. The molecule has 4 fully saturated rings. The molecule has 0 radical (unpaired) electrons. The van der Waals surface area contributed by atoms with E-state index in [2.05, 4.69) is 62.8 Å². The lowest BCUT2D eigenvalue weighted by atomic mass is 9.93. The third-order valence-electron chi connectivity index (χ3n) is 18.7. The van der Waals surface area contributed by atoms with Gasteiger partial charge in [0, 0.05) is 126 Å². The molecule has 3 saturated heterocycles. The SMILES string of the molecule is CN1CCCC1C(=O)O.O=C(O)CCC1=CN=CC1.O=C(O)CCC1=Cc2ccccc2C1.O=C(O)CCC1CCCC1.O=C(O)CCC1CCCO1.O=C(O)CCC1CCNCC1.O=C(O)CCc1cccnc1.O=C(O)CCc1ccco1.O=C(O)c1cccnc1.O=C(O)c1ccco1.O=C(O)c1cnccn1.O=C(O)c1ncc(-c2ccccc2)cn1. The Morgan fingerprint density at radius 3 is 1.46 bits per heavy atom. The number of nitrogens with zero attached hydrogens (tertiary/aromatic N) is 8. The van der Waals surface area contributed by atoms with E-state index in [9.17, 15) is 57.5 Å². The van der Waals surface area contributed by atoms with Gasteiger partial charge < -0.3 is 80.2 Å². The van der Waals surface area contributed by atoms with Gasteiger partial charge in [0.2, 0.25) is 11.6 Å². The molecule has 36 heteroatoms. The molecule has 1 saturated carbocycles. The first-order valence-electron chi connectivity index (χ1n) is 40.5. The van der Waals surface area contributed by atoms with Gasteiger partial charge in [-0.2, -0.15) is 0 Å². The van der Waals surface area contributed by atoms with Crippen LogP contribution in [0.25, 0.3) is 17.2 Å². The Labute approximate surface area is 727 Å². The van der Waals surface area contributed by atoms with Crippen LogP contribution in [0.2, 0.25) is 0 Å². The van der Waals surface area contributed by atoms with Gasteiger partial charge >= 0.3 is 71.6 Å². The maximum absolute atomic E-state index is 10.5. The Bertz CT molecular complexity index is 4520. The number of allylic oxidation sites excluding steroid dienone is 2. The molecule has 0 amide bonds. The third kappa shape index (κ3) is 51.8. The highest BCUT2D eigenvalue weighted by atomic mass is 16.5. The quantitative estimate of drug-likeness (QED) is 0.0227. The van der Waals surface area contributed by atoms with Crippen molar-refractivity contribution in [2.45, 2.75) is 179 Å². The first-order chi connectivity index (χ1) is 60.4. The van der Waals surface area contributed by atoms with Crippen LogP contribution in [-0.4, -0.2) is 219 Å². The number of nitrogens with one attached hydrogen (secondary N) is 1. The second-order valence-corrected chi connectivity index (χ2v) is 28.5. The van der Waals surface area contributed by atoms with Crippen LogP contribution in [-0.2, 0) is 62.4 Å². The number of carboxylic acid groups (broad SMARTS) is 12. The number of carboxylic acids is 12. The van der Waals surface area contributed by atoms with Gasteiger partial charge in [-0.15, -0.1) is 0 Å². The lowest BCUT2D eigenvalue weighted by Crippen LogP contribution is -2.32. The van der Waals surface area contributed by atoms with Gasteiger partial charge in [-0.25, -0.2) is 34.1 Å². The summed E-state index contributed by atoms with van der Waals surface area (Å²) in [6.07, 6.45) is 41.5. The van der Waals surface area contributed by atoms with Crippen LogP contribution in [0.1, 0.15) is 212 Å². The molecule has 6 aliphatic rings. The average Bonchev–Trinajstić information content (AvgIpc) is 1.72. The van der Waals surface area contributed by atoms with Crippen molar-refractivity contribution in [2.75, 3.05) is 33.3 Å². The van der Waals surface area contributed by atoms with Crippen LogP contribution in [0, 0.1) is 11.8 Å². The maximum Gasteiger partial charge on any atom is 0.373 e. The minimum absolute atomic E-state index is 0.0231. The number of aryl methyl sites for hydroxylation is 2. The fraction of sp³-hybridized carbons (Fsp3) is 0.389. The third-order valence-corrected chi connectivity index (χ3v) is 18.7. The Morgan fingerprint density at radius 1 is 0.452 bits per heavy atom. The summed E-state index contributed by atoms with van der Waals surface area (Å²) in [5.74, 6) is -8.01. The van der Waals surface area contributed by atoms with Gasteiger partial charge in [0.25, 0.3) is 0 Å². The highest BCUT2D eigenvalue weighted by Crippen LogP contribution is 2.29. The number of aromatic carboxylic acids is 4. The number of aliphatic carboxylic acids is 8. The zero-order valence-corrected chi connectivity index (χ0v) is 70.0. The van der Waals surface area contributed by atoms with Gasteiger partial charge in [0.15, 0.2) is 5.69 Å². The fourth-order valence-electron chi connectivity index (χ4n) is 12.1. The molecule has 0 spiro atoms. The zero-order valence-electron chi connectivity index (χ0n) is 70.0. The van der Waals surface area contributed by atoms with E-state index in [1.54, 1.807) is 49.1 Å². The van der Waals surface area contributed by atoms with Crippen LogP contribution in [0.5, 0.6) is 0 Å². The number of aromatic nitrogens is 6. The summed E-state index contributed by atoms with van der Waals surface area (Å²) in [6, 6.07) is 30.7. The fourth-order valence-corrected chi connectivity index (χ4v) is 12.1. The first-order valence-corrected chi connectivity index (χ1v) is 40.5. The lowest BCUT2D eigenvalue weighted by Gasteiger charge is -2.21. The van der Waals surface area contributed by atoms with Crippen LogP contribution >= 0.6 is 0 Å². The molecule has 10 heterocycles. The van der Waals surface area contributed by atoms with Crippen molar-refractivity contribution in [2.24, 2.45) is 16.8 Å². The summed E-state index contributed by atoms with van der Waals surface area (Å²) < 4.78 is 14.7. The Hall–Kier alpha value is -13.9. The van der Waals surface area contributed by atoms with Crippen molar-refractivity contribution in [3.8, 4) is 11.1 Å². The highest BCUT2D eigenvalue weighted by molar-refractivity contribution is 5.87. The maximum atomic E-state index is 10.5. The normalized spacial score (nSPS) is 14.7. The van der Waals surface area contributed by atoms with Crippen molar-refractivity contribution in [3.05, 3.63) is 234 Å². The predicted molar refractivity (Wildman–Crippen MR) is 459 cm³/mol. The van der Waals surface area contributed by atoms with E-state index in [1.807, 2.05) is 60.5 Å². The summed E-state index contributed by atoms with van der Waals surface area (Å²) in [5, 5.41) is 104. The molecule has 0 bridgehead atoms. The second kappa shape index (κ2) is 64.0. The molecule has 678 valence electrons. The van der Waals surface area contributed by atoms with E-state index < -0.39 is 71.6 Å². The monoisotopic (exact) mass is 1750 g/mol. The van der Waals surface area contributed by atoms with E-state index in [0.717, 1.165) is 124 Å². The Balaban J connectivity index is 0.000000356. The van der Waals surface area contributed by atoms with Gasteiger partial charge in [-0.3, -0.25) is 63.2 Å². The van der Waals surface area contributed by atoms with E-state index >= 15 is 0 Å². The molecule has 36 nitrogen and oxygen atoms in total. The minimum atomic E-state index is -1.12. The molecule has 6 aromatic heterocycles. The summed E-state index contributed by atoms with van der Waals surface area (Å²) in [7, 11) is 1.85. The lowest BCUT2D eigenvalue weighted by molar-refractivity contribution is -0.142. The van der Waals surface area contributed by atoms with Crippen LogP contribution in [0.15, 0.2) is 203 Å². The van der Waals surface area contributed by atoms with Crippen molar-refractivity contribution < 1.29 is 132 Å². The molecule has 2 unspecified atom stereocenters. The average molecular weight is 1750 g/mol. The predicted octanol–water partition coefficient (Wildman–Crippen LogP) is 14.0. The first kappa shape index (κ1) is 106. The van der Waals surface area contributed by atoms with Gasteiger partial charge in [0.1, 0.15) is 11.8 Å². The number of piperidine rings is 1. The van der Waals surface area contributed by atoms with Gasteiger partial charge in [-0.05, 0) is 192 Å². The van der Waals surface area contributed by atoms with Crippen LogP contribution in [0.4, 0.5) is 0 Å². The number of likely N-dealkylation sites (tertiary alicyclic amines) is 1. The van der Waals surface area contributed by atoms with Gasteiger partial charge in [0.05, 0.1) is 36.8 Å². The number of ether oxygens (including phenoxy) is 1. The molecule has 2 atom stereocenters. The number of hydrogen-bond acceptors (Lipinski definition) is 24. The van der Waals surface area contributed by atoms with E-state index in [4.69, 9.17) is 70.4 Å². The van der Waals surface area contributed by atoms with Crippen molar-refractivity contribution in [1.29, 1.82) is 0 Å². The smallest absolute Gasteiger partial charge is 0.373 e.